The van der Waals surface area contributed by atoms with Gasteiger partial charge in [0.2, 0.25) is 0 Å². The summed E-state index contributed by atoms with van der Waals surface area (Å²) >= 11 is 2.08. The van der Waals surface area contributed by atoms with Crippen molar-refractivity contribution >= 4 is 11.8 Å². The van der Waals surface area contributed by atoms with E-state index < -0.39 is 0 Å². The second kappa shape index (κ2) is 7.73. The Bertz CT molecular complexity index is 108. The second-order valence-corrected chi connectivity index (χ2v) is 5.06. The summed E-state index contributed by atoms with van der Waals surface area (Å²) in [6.07, 6.45) is 7.68. The first-order valence-electron chi connectivity index (χ1n) is 5.73. The van der Waals surface area contributed by atoms with Gasteiger partial charge in [-0.2, -0.15) is 11.8 Å². The zero-order valence-electron chi connectivity index (χ0n) is 9.97. The number of hydrogen-bond donors (Lipinski definition) is 0. The van der Waals surface area contributed by atoms with Crippen LogP contribution in [0.5, 0.6) is 0 Å². The minimum absolute atomic E-state index is 0.884. The molecule has 0 radical (unpaired) electrons. The summed E-state index contributed by atoms with van der Waals surface area (Å²) in [4.78, 5) is 0. The molecule has 80 valence electrons. The average Bonchev–Trinajstić information content (AvgIpc) is 2.14. The van der Waals surface area contributed by atoms with E-state index in [-0.39, 0.29) is 0 Å². The summed E-state index contributed by atoms with van der Waals surface area (Å²) in [6.45, 7) is 9.37. The van der Waals surface area contributed by atoms with Crippen molar-refractivity contribution in [1.82, 2.24) is 0 Å². The van der Waals surface area contributed by atoms with Crippen LogP contribution in [0.2, 0.25) is 0 Å². The SMILES string of the molecule is CCCC(C)C(SC)C(CC)CC. The fraction of sp³-hybridized carbons (Fsp3) is 1.00. The summed E-state index contributed by atoms with van der Waals surface area (Å²) in [7, 11) is 0. The van der Waals surface area contributed by atoms with Crippen molar-refractivity contribution in [3.63, 3.8) is 0 Å². The molecule has 0 rings (SSSR count). The highest BCUT2D eigenvalue weighted by molar-refractivity contribution is 7.99. The molecule has 13 heavy (non-hydrogen) atoms. The molecule has 0 saturated carbocycles. The fourth-order valence-electron chi connectivity index (χ4n) is 2.26. The van der Waals surface area contributed by atoms with E-state index in [1.807, 2.05) is 0 Å². The molecule has 0 fully saturated rings. The van der Waals surface area contributed by atoms with Crippen molar-refractivity contribution in [2.24, 2.45) is 11.8 Å². The summed E-state index contributed by atoms with van der Waals surface area (Å²) in [5, 5.41) is 0.884. The molecular formula is C12H26S. The van der Waals surface area contributed by atoms with Crippen LogP contribution < -0.4 is 0 Å². The van der Waals surface area contributed by atoms with E-state index in [0.29, 0.717) is 0 Å². The van der Waals surface area contributed by atoms with Gasteiger partial charge >= 0.3 is 0 Å². The molecule has 0 aliphatic carbocycles. The van der Waals surface area contributed by atoms with E-state index in [1.165, 1.54) is 25.7 Å². The van der Waals surface area contributed by atoms with Crippen LogP contribution in [0, 0.1) is 11.8 Å². The van der Waals surface area contributed by atoms with Crippen molar-refractivity contribution in [1.29, 1.82) is 0 Å². The van der Waals surface area contributed by atoms with Gasteiger partial charge in [0.25, 0.3) is 0 Å². The standard InChI is InChI=1S/C12H26S/c1-6-9-10(4)12(13-5)11(7-2)8-3/h10-12H,6-9H2,1-5H3. The van der Waals surface area contributed by atoms with Crippen LogP contribution in [-0.4, -0.2) is 11.5 Å². The van der Waals surface area contributed by atoms with E-state index >= 15 is 0 Å². The van der Waals surface area contributed by atoms with E-state index in [2.05, 4.69) is 45.7 Å². The van der Waals surface area contributed by atoms with Gasteiger partial charge in [-0.05, 0) is 24.5 Å². The molecule has 0 N–H and O–H groups in total. The van der Waals surface area contributed by atoms with Crippen molar-refractivity contribution < 1.29 is 0 Å². The van der Waals surface area contributed by atoms with Crippen LogP contribution in [0.1, 0.15) is 53.4 Å². The number of hydrogen-bond acceptors (Lipinski definition) is 1. The van der Waals surface area contributed by atoms with Crippen LogP contribution in [0.25, 0.3) is 0 Å². The van der Waals surface area contributed by atoms with Crippen molar-refractivity contribution in [2.45, 2.75) is 58.6 Å². The summed E-state index contributed by atoms with van der Waals surface area (Å²) in [6, 6.07) is 0. The molecule has 2 atom stereocenters. The Balaban J connectivity index is 4.11. The Hall–Kier alpha value is 0.350. The van der Waals surface area contributed by atoms with Crippen LogP contribution in [-0.2, 0) is 0 Å². The maximum atomic E-state index is 2.42. The Labute approximate surface area is 88.9 Å². The summed E-state index contributed by atoms with van der Waals surface area (Å²) in [5.74, 6) is 1.82. The lowest BCUT2D eigenvalue weighted by Gasteiger charge is -2.29. The molecule has 0 aliphatic heterocycles. The van der Waals surface area contributed by atoms with Gasteiger partial charge in [-0.1, -0.05) is 47.0 Å². The Kier molecular flexibility index (Phi) is 7.93. The zero-order valence-corrected chi connectivity index (χ0v) is 10.8. The van der Waals surface area contributed by atoms with E-state index in [9.17, 15) is 0 Å². The van der Waals surface area contributed by atoms with Gasteiger partial charge in [0.05, 0.1) is 0 Å². The normalized spacial score (nSPS) is 16.2. The van der Waals surface area contributed by atoms with Crippen LogP contribution in [0.15, 0.2) is 0 Å². The molecule has 0 aromatic rings. The molecule has 0 aliphatic rings. The van der Waals surface area contributed by atoms with Gasteiger partial charge in [-0.25, -0.2) is 0 Å². The third-order valence-electron chi connectivity index (χ3n) is 3.09. The topological polar surface area (TPSA) is 0 Å². The highest BCUT2D eigenvalue weighted by Gasteiger charge is 2.22. The lowest BCUT2D eigenvalue weighted by atomic mass is 9.88. The van der Waals surface area contributed by atoms with Crippen molar-refractivity contribution in [3.8, 4) is 0 Å². The molecular weight excluding hydrogens is 176 g/mol. The predicted octanol–water partition coefficient (Wildman–Crippen LogP) is 4.59. The largest absolute Gasteiger partial charge is 0.161 e. The van der Waals surface area contributed by atoms with E-state index in [1.54, 1.807) is 0 Å². The number of thioether (sulfide) groups is 1. The second-order valence-electron chi connectivity index (χ2n) is 4.04. The Morgan fingerprint density at radius 1 is 1.08 bits per heavy atom. The smallest absolute Gasteiger partial charge is 0.00979 e. The van der Waals surface area contributed by atoms with Crippen LogP contribution >= 0.6 is 11.8 Å². The van der Waals surface area contributed by atoms with Gasteiger partial charge in [0.15, 0.2) is 0 Å². The van der Waals surface area contributed by atoms with Gasteiger partial charge in [0, 0.05) is 5.25 Å². The lowest BCUT2D eigenvalue weighted by molar-refractivity contribution is 0.370. The maximum Gasteiger partial charge on any atom is 0.00979 e. The predicted molar refractivity (Wildman–Crippen MR) is 65.4 cm³/mol. The average molecular weight is 202 g/mol. The Morgan fingerprint density at radius 3 is 1.92 bits per heavy atom. The first kappa shape index (κ1) is 13.4. The van der Waals surface area contributed by atoms with Crippen LogP contribution in [0.3, 0.4) is 0 Å². The minimum atomic E-state index is 0.884. The molecule has 0 saturated heterocycles. The monoisotopic (exact) mass is 202 g/mol. The molecule has 0 bridgehead atoms. The van der Waals surface area contributed by atoms with E-state index in [0.717, 1.165) is 17.1 Å². The summed E-state index contributed by atoms with van der Waals surface area (Å²) < 4.78 is 0. The number of rotatable bonds is 7. The van der Waals surface area contributed by atoms with Gasteiger partial charge in [-0.15, -0.1) is 0 Å². The van der Waals surface area contributed by atoms with Gasteiger partial charge < -0.3 is 0 Å². The lowest BCUT2D eigenvalue weighted by Crippen LogP contribution is -2.23. The molecule has 0 spiro atoms. The third kappa shape index (κ3) is 4.39. The Morgan fingerprint density at radius 2 is 1.62 bits per heavy atom. The van der Waals surface area contributed by atoms with E-state index in [4.69, 9.17) is 0 Å². The molecule has 0 amide bonds. The van der Waals surface area contributed by atoms with Crippen molar-refractivity contribution in [3.05, 3.63) is 0 Å². The third-order valence-corrected chi connectivity index (χ3v) is 4.48. The minimum Gasteiger partial charge on any atom is -0.161 e. The summed E-state index contributed by atoms with van der Waals surface area (Å²) in [5.41, 5.74) is 0. The molecule has 1 heteroatoms. The quantitative estimate of drug-likeness (QED) is 0.582. The molecule has 0 heterocycles. The van der Waals surface area contributed by atoms with Gasteiger partial charge in [-0.3, -0.25) is 0 Å². The first-order chi connectivity index (χ1) is 6.21. The first-order valence-corrected chi connectivity index (χ1v) is 7.02. The fourth-order valence-corrected chi connectivity index (χ4v) is 3.63. The molecule has 0 aromatic carbocycles. The highest BCUT2D eigenvalue weighted by Crippen LogP contribution is 2.31. The molecule has 2 unspecified atom stereocenters. The van der Waals surface area contributed by atoms with Crippen LogP contribution in [0.4, 0.5) is 0 Å². The zero-order chi connectivity index (χ0) is 10.3. The molecule has 0 nitrogen and oxygen atoms in total. The molecule has 0 aromatic heterocycles. The highest BCUT2D eigenvalue weighted by atomic mass is 32.2. The van der Waals surface area contributed by atoms with Crippen molar-refractivity contribution in [2.75, 3.05) is 6.26 Å². The van der Waals surface area contributed by atoms with Gasteiger partial charge in [0.1, 0.15) is 0 Å². The maximum absolute atomic E-state index is 2.42.